The lowest BCUT2D eigenvalue weighted by molar-refractivity contribution is 0.271. The lowest BCUT2D eigenvalue weighted by Crippen LogP contribution is -2.28. The van der Waals surface area contributed by atoms with E-state index in [9.17, 15) is 0 Å². The molecule has 1 aliphatic rings. The summed E-state index contributed by atoms with van der Waals surface area (Å²) in [6, 6.07) is 10.8. The van der Waals surface area contributed by atoms with E-state index in [-0.39, 0.29) is 0 Å². The molecule has 1 saturated heterocycles. The number of imidazole rings is 1. The van der Waals surface area contributed by atoms with Crippen molar-refractivity contribution < 1.29 is 0 Å². The van der Waals surface area contributed by atoms with Gasteiger partial charge in [0.25, 0.3) is 0 Å². The molecule has 4 rings (SSSR count). The van der Waals surface area contributed by atoms with Gasteiger partial charge in [-0.15, -0.1) is 0 Å². The topological polar surface area (TPSA) is 45.5 Å². The SMILES string of the molecule is CN1CC[C@@H](CNCc2cnc3ccccn23)[C@@H]1c1cccnc1. The Hall–Kier alpha value is -2.24. The molecule has 0 spiro atoms. The Bertz CT molecular complexity index is 798. The molecule has 2 atom stereocenters. The summed E-state index contributed by atoms with van der Waals surface area (Å²) in [5.74, 6) is 0.610. The van der Waals surface area contributed by atoms with Crippen LogP contribution in [0.25, 0.3) is 5.65 Å². The highest BCUT2D eigenvalue weighted by atomic mass is 15.2. The van der Waals surface area contributed by atoms with Crippen LogP contribution >= 0.6 is 0 Å². The van der Waals surface area contributed by atoms with E-state index in [1.807, 2.05) is 42.9 Å². The third-order valence-corrected chi connectivity index (χ3v) is 5.01. The van der Waals surface area contributed by atoms with Gasteiger partial charge in [-0.2, -0.15) is 0 Å². The first-order valence-electron chi connectivity index (χ1n) is 8.55. The molecule has 124 valence electrons. The maximum absolute atomic E-state index is 4.45. The smallest absolute Gasteiger partial charge is 0.136 e. The summed E-state index contributed by atoms with van der Waals surface area (Å²) in [5, 5.41) is 3.63. The fourth-order valence-corrected chi connectivity index (χ4v) is 3.82. The Morgan fingerprint density at radius 3 is 3.04 bits per heavy atom. The molecule has 3 aromatic heterocycles. The molecule has 0 aliphatic carbocycles. The molecule has 1 fully saturated rings. The standard InChI is InChI=1S/C19H23N5/c1-23-10-7-16(19(23)15-5-4-8-20-11-15)12-21-13-17-14-22-18-6-2-3-9-24(17)18/h2-6,8-9,11,14,16,19,21H,7,10,12-13H2,1H3/t16-,19-/m0/s1. The van der Waals surface area contributed by atoms with Crippen molar-refractivity contribution in [3.63, 3.8) is 0 Å². The minimum atomic E-state index is 0.452. The summed E-state index contributed by atoms with van der Waals surface area (Å²) >= 11 is 0. The number of hydrogen-bond acceptors (Lipinski definition) is 4. The first-order chi connectivity index (χ1) is 11.8. The first kappa shape index (κ1) is 15.3. The predicted octanol–water partition coefficient (Wildman–Crippen LogP) is 2.51. The van der Waals surface area contributed by atoms with E-state index in [0.29, 0.717) is 12.0 Å². The van der Waals surface area contributed by atoms with Crippen molar-refractivity contribution in [2.75, 3.05) is 20.1 Å². The summed E-state index contributed by atoms with van der Waals surface area (Å²) in [4.78, 5) is 11.2. The molecule has 1 aliphatic heterocycles. The van der Waals surface area contributed by atoms with E-state index in [4.69, 9.17) is 0 Å². The van der Waals surface area contributed by atoms with E-state index < -0.39 is 0 Å². The zero-order chi connectivity index (χ0) is 16.4. The van der Waals surface area contributed by atoms with Crippen molar-refractivity contribution in [3.05, 3.63) is 66.4 Å². The lowest BCUT2D eigenvalue weighted by atomic mass is 9.95. The Morgan fingerprint density at radius 1 is 1.21 bits per heavy atom. The Morgan fingerprint density at radius 2 is 2.17 bits per heavy atom. The van der Waals surface area contributed by atoms with Crippen LogP contribution in [0.4, 0.5) is 0 Å². The molecule has 0 unspecified atom stereocenters. The van der Waals surface area contributed by atoms with Crippen LogP contribution in [0.1, 0.15) is 23.7 Å². The van der Waals surface area contributed by atoms with Crippen molar-refractivity contribution in [1.82, 2.24) is 24.6 Å². The number of aromatic nitrogens is 3. The molecule has 0 aromatic carbocycles. The van der Waals surface area contributed by atoms with E-state index >= 15 is 0 Å². The predicted molar refractivity (Wildman–Crippen MR) is 94.6 cm³/mol. The highest BCUT2D eigenvalue weighted by molar-refractivity contribution is 5.39. The van der Waals surface area contributed by atoms with Gasteiger partial charge >= 0.3 is 0 Å². The van der Waals surface area contributed by atoms with Crippen molar-refractivity contribution in [1.29, 1.82) is 0 Å². The second kappa shape index (κ2) is 6.71. The molecule has 5 heteroatoms. The zero-order valence-corrected chi connectivity index (χ0v) is 14.0. The number of rotatable bonds is 5. The molecule has 0 radical (unpaired) electrons. The molecule has 3 aromatic rings. The van der Waals surface area contributed by atoms with Gasteiger partial charge in [0, 0.05) is 37.7 Å². The Labute approximate surface area is 142 Å². The van der Waals surface area contributed by atoms with Gasteiger partial charge < -0.3 is 9.72 Å². The van der Waals surface area contributed by atoms with Gasteiger partial charge in [0.05, 0.1) is 11.9 Å². The van der Waals surface area contributed by atoms with Crippen LogP contribution in [0.2, 0.25) is 0 Å². The summed E-state index contributed by atoms with van der Waals surface area (Å²) in [6.07, 6.45) is 9.10. The van der Waals surface area contributed by atoms with Crippen molar-refractivity contribution in [2.45, 2.75) is 19.0 Å². The molecule has 24 heavy (non-hydrogen) atoms. The largest absolute Gasteiger partial charge is 0.311 e. The minimum Gasteiger partial charge on any atom is -0.311 e. The normalized spacial score (nSPS) is 21.5. The Kier molecular flexibility index (Phi) is 4.28. The van der Waals surface area contributed by atoms with Gasteiger partial charge in [-0.1, -0.05) is 12.1 Å². The summed E-state index contributed by atoms with van der Waals surface area (Å²) in [7, 11) is 2.21. The quantitative estimate of drug-likeness (QED) is 0.784. The molecule has 1 N–H and O–H groups in total. The number of fused-ring (bicyclic) bond motifs is 1. The van der Waals surface area contributed by atoms with Gasteiger partial charge in [-0.3, -0.25) is 9.88 Å². The molecular weight excluding hydrogens is 298 g/mol. The molecule has 0 saturated carbocycles. The number of likely N-dealkylation sites (tertiary alicyclic amines) is 1. The second-order valence-electron chi connectivity index (χ2n) is 6.57. The summed E-state index contributed by atoms with van der Waals surface area (Å²) < 4.78 is 2.15. The molecule has 0 amide bonds. The Balaban J connectivity index is 1.42. The molecule has 0 bridgehead atoms. The van der Waals surface area contributed by atoms with Crippen LogP contribution in [0, 0.1) is 5.92 Å². The number of pyridine rings is 2. The van der Waals surface area contributed by atoms with Gasteiger partial charge in [0.1, 0.15) is 5.65 Å². The average molecular weight is 321 g/mol. The number of hydrogen-bond donors (Lipinski definition) is 1. The van der Waals surface area contributed by atoms with Gasteiger partial charge in [0.2, 0.25) is 0 Å². The van der Waals surface area contributed by atoms with Crippen LogP contribution in [0.5, 0.6) is 0 Å². The fourth-order valence-electron chi connectivity index (χ4n) is 3.82. The maximum atomic E-state index is 4.45. The highest BCUT2D eigenvalue weighted by Gasteiger charge is 2.32. The van der Waals surface area contributed by atoms with Crippen molar-refractivity contribution in [3.8, 4) is 0 Å². The highest BCUT2D eigenvalue weighted by Crippen LogP contribution is 2.35. The van der Waals surface area contributed by atoms with Crippen LogP contribution < -0.4 is 5.32 Å². The van der Waals surface area contributed by atoms with E-state index in [1.165, 1.54) is 17.7 Å². The maximum Gasteiger partial charge on any atom is 0.136 e. The number of nitrogens with zero attached hydrogens (tertiary/aromatic N) is 4. The summed E-state index contributed by atoms with van der Waals surface area (Å²) in [5.41, 5.74) is 3.53. The third kappa shape index (κ3) is 2.92. The van der Waals surface area contributed by atoms with Gasteiger partial charge in [0.15, 0.2) is 0 Å². The van der Waals surface area contributed by atoms with Crippen LogP contribution in [0.15, 0.2) is 55.1 Å². The fraction of sp³-hybridized carbons (Fsp3) is 0.368. The molecule has 4 heterocycles. The lowest BCUT2D eigenvalue weighted by Gasteiger charge is -2.25. The first-order valence-corrected chi connectivity index (χ1v) is 8.55. The van der Waals surface area contributed by atoms with E-state index in [1.54, 1.807) is 0 Å². The van der Waals surface area contributed by atoms with Crippen LogP contribution in [-0.4, -0.2) is 39.4 Å². The van der Waals surface area contributed by atoms with E-state index in [2.05, 4.69) is 43.9 Å². The monoisotopic (exact) mass is 321 g/mol. The second-order valence-corrected chi connectivity index (χ2v) is 6.57. The molecule has 5 nitrogen and oxygen atoms in total. The molecular formula is C19H23N5. The summed E-state index contributed by atoms with van der Waals surface area (Å²) in [6.45, 7) is 2.98. The number of nitrogens with one attached hydrogen (secondary N) is 1. The minimum absolute atomic E-state index is 0.452. The van der Waals surface area contributed by atoms with Crippen LogP contribution in [0.3, 0.4) is 0 Å². The average Bonchev–Trinajstić information content (AvgIpc) is 3.20. The van der Waals surface area contributed by atoms with Gasteiger partial charge in [-0.05, 0) is 49.7 Å². The third-order valence-electron chi connectivity index (χ3n) is 5.01. The van der Waals surface area contributed by atoms with Crippen molar-refractivity contribution >= 4 is 5.65 Å². The van der Waals surface area contributed by atoms with Crippen molar-refractivity contribution in [2.24, 2.45) is 5.92 Å². The zero-order valence-electron chi connectivity index (χ0n) is 14.0. The van der Waals surface area contributed by atoms with Gasteiger partial charge in [-0.25, -0.2) is 4.98 Å². The van der Waals surface area contributed by atoms with Crippen LogP contribution in [-0.2, 0) is 6.54 Å². The van der Waals surface area contributed by atoms with E-state index in [0.717, 1.165) is 25.3 Å².